The Morgan fingerprint density at radius 2 is 1.63 bits per heavy atom. The molecule has 4 rings (SSSR count). The number of hydrogen-bond donors (Lipinski definition) is 1. The number of unbranched alkanes of at least 4 members (excludes halogenated alkanes) is 1. The van der Waals surface area contributed by atoms with Gasteiger partial charge in [-0.1, -0.05) is 67.9 Å². The number of carbonyl (C=O) groups is 1. The molecule has 0 spiro atoms. The summed E-state index contributed by atoms with van der Waals surface area (Å²) in [6.07, 6.45) is -3.12. The first kappa shape index (κ1) is 29.9. The zero-order valence-corrected chi connectivity index (χ0v) is 23.2. The largest absolute Gasteiger partial charge is 0.494 e. The maximum absolute atomic E-state index is 14.5. The van der Waals surface area contributed by atoms with Gasteiger partial charge in [-0.3, -0.25) is 4.90 Å². The third-order valence-electron chi connectivity index (χ3n) is 6.70. The molecule has 216 valence electrons. The van der Waals surface area contributed by atoms with Crippen LogP contribution in [0.3, 0.4) is 0 Å². The minimum absolute atomic E-state index is 0.0159. The molecule has 9 heteroatoms. The van der Waals surface area contributed by atoms with Gasteiger partial charge in [-0.15, -0.1) is 0 Å². The first-order chi connectivity index (χ1) is 19.7. The fourth-order valence-electron chi connectivity index (χ4n) is 4.79. The van der Waals surface area contributed by atoms with Crippen molar-refractivity contribution in [1.82, 2.24) is 14.5 Å². The van der Waals surface area contributed by atoms with Crippen LogP contribution in [0.2, 0.25) is 0 Å². The van der Waals surface area contributed by atoms with Crippen LogP contribution in [0.25, 0.3) is 11.4 Å². The fraction of sp³-hybridized carbons (Fsp3) is 0.312. The molecule has 41 heavy (non-hydrogen) atoms. The molecule has 1 aromatic heterocycles. The van der Waals surface area contributed by atoms with Crippen molar-refractivity contribution < 1.29 is 27.8 Å². The lowest BCUT2D eigenvalue weighted by Gasteiger charge is -2.25. The molecule has 0 unspecified atom stereocenters. The van der Waals surface area contributed by atoms with Crippen molar-refractivity contribution in [2.75, 3.05) is 6.61 Å². The Kier molecular flexibility index (Phi) is 9.83. The van der Waals surface area contributed by atoms with E-state index in [1.807, 2.05) is 49.1 Å². The smallest absolute Gasteiger partial charge is 0.435 e. The topological polar surface area (TPSA) is 67.6 Å². The van der Waals surface area contributed by atoms with Gasteiger partial charge in [0.05, 0.1) is 17.9 Å². The van der Waals surface area contributed by atoms with Crippen LogP contribution in [-0.2, 0) is 32.4 Å². The second-order valence-corrected chi connectivity index (χ2v) is 9.83. The van der Waals surface area contributed by atoms with E-state index < -0.39 is 17.8 Å². The first-order valence-electron chi connectivity index (χ1n) is 13.7. The van der Waals surface area contributed by atoms with Gasteiger partial charge >= 0.3 is 12.1 Å². The molecule has 0 saturated carbocycles. The predicted octanol–water partition coefficient (Wildman–Crippen LogP) is 7.67. The monoisotopic (exact) mass is 565 g/mol. The van der Waals surface area contributed by atoms with Crippen LogP contribution in [0.1, 0.15) is 59.6 Å². The number of nitrogens with zero attached hydrogens (tertiary/aromatic N) is 3. The molecule has 4 aromatic rings. The highest BCUT2D eigenvalue weighted by Gasteiger charge is 2.39. The molecular weight excluding hydrogens is 531 g/mol. The highest BCUT2D eigenvalue weighted by Crippen LogP contribution is 2.36. The normalized spacial score (nSPS) is 11.7. The molecule has 0 aliphatic heterocycles. The third kappa shape index (κ3) is 7.76. The van der Waals surface area contributed by atoms with Gasteiger partial charge < -0.3 is 14.4 Å². The minimum atomic E-state index is -4.64. The summed E-state index contributed by atoms with van der Waals surface area (Å²) in [7, 11) is 0. The first-order valence-corrected chi connectivity index (χ1v) is 13.7. The summed E-state index contributed by atoms with van der Waals surface area (Å²) >= 11 is 0. The number of ether oxygens (including phenoxy) is 1. The van der Waals surface area contributed by atoms with Crippen LogP contribution in [-0.4, -0.2) is 32.1 Å². The Morgan fingerprint density at radius 1 is 0.927 bits per heavy atom. The van der Waals surface area contributed by atoms with Crippen molar-refractivity contribution in [1.29, 1.82) is 0 Å². The Hall–Kier alpha value is -4.11. The quantitative estimate of drug-likeness (QED) is 0.180. The standard InChI is InChI=1S/C32H34F3N3O3/c1-3-5-18-38-28(29(32(33,34)35)36-30(38)25-11-7-6-8-12-25)22-37(20-23-14-16-26(17-15-23)31(39)40)21-24-10-9-13-27(19-24)41-4-2/h6-17,19H,3-5,18,20-22H2,1-2H3,(H,39,40). The van der Waals surface area contributed by atoms with Crippen LogP contribution in [0, 0.1) is 0 Å². The van der Waals surface area contributed by atoms with Crippen molar-refractivity contribution in [2.45, 2.75) is 59.0 Å². The summed E-state index contributed by atoms with van der Waals surface area (Å²) in [4.78, 5) is 17.4. The maximum Gasteiger partial charge on any atom is 0.435 e. The van der Waals surface area contributed by atoms with Crippen LogP contribution in [0.15, 0.2) is 78.9 Å². The Morgan fingerprint density at radius 3 is 2.27 bits per heavy atom. The summed E-state index contributed by atoms with van der Waals surface area (Å²) in [6.45, 7) is 5.42. The highest BCUT2D eigenvalue weighted by molar-refractivity contribution is 5.87. The molecule has 6 nitrogen and oxygen atoms in total. The van der Waals surface area contributed by atoms with Gasteiger partial charge in [0, 0.05) is 31.7 Å². The van der Waals surface area contributed by atoms with Crippen LogP contribution < -0.4 is 4.74 Å². The van der Waals surface area contributed by atoms with Gasteiger partial charge in [-0.2, -0.15) is 13.2 Å². The number of hydrogen-bond acceptors (Lipinski definition) is 4. The number of carboxylic acids is 1. The molecule has 1 heterocycles. The number of aromatic nitrogens is 2. The number of benzene rings is 3. The van der Waals surface area contributed by atoms with Gasteiger partial charge in [0.15, 0.2) is 5.69 Å². The van der Waals surface area contributed by atoms with Gasteiger partial charge in [0.25, 0.3) is 0 Å². The second-order valence-electron chi connectivity index (χ2n) is 9.83. The molecule has 3 aromatic carbocycles. The van der Waals surface area contributed by atoms with Crippen molar-refractivity contribution >= 4 is 5.97 Å². The fourth-order valence-corrected chi connectivity index (χ4v) is 4.79. The zero-order valence-electron chi connectivity index (χ0n) is 23.2. The van der Waals surface area contributed by atoms with Gasteiger partial charge in [-0.05, 0) is 48.7 Å². The Labute approximate surface area is 238 Å². The number of aromatic carboxylic acids is 1. The molecule has 1 N–H and O–H groups in total. The molecule has 0 amide bonds. The lowest BCUT2D eigenvalue weighted by molar-refractivity contribution is -0.141. The number of halogens is 3. The summed E-state index contributed by atoms with van der Waals surface area (Å²) in [6, 6.07) is 22.9. The molecule has 0 fully saturated rings. The zero-order chi connectivity index (χ0) is 29.4. The van der Waals surface area contributed by atoms with E-state index in [0.717, 1.165) is 17.5 Å². The SMILES string of the molecule is CCCCn1c(-c2ccccc2)nc(C(F)(F)F)c1CN(Cc1ccc(C(=O)O)cc1)Cc1cccc(OCC)c1. The molecule has 0 radical (unpaired) electrons. The lowest BCUT2D eigenvalue weighted by Crippen LogP contribution is -2.26. The predicted molar refractivity (Wildman–Crippen MR) is 152 cm³/mol. The van der Waals surface area contributed by atoms with Crippen molar-refractivity contribution in [3.63, 3.8) is 0 Å². The summed E-state index contributed by atoms with van der Waals surface area (Å²) < 4.78 is 50.8. The highest BCUT2D eigenvalue weighted by atomic mass is 19.4. The lowest BCUT2D eigenvalue weighted by atomic mass is 10.1. The average Bonchev–Trinajstić information content (AvgIpc) is 3.31. The number of imidazole rings is 1. The van der Waals surface area contributed by atoms with E-state index in [9.17, 15) is 23.1 Å². The Bertz CT molecular complexity index is 1430. The second kappa shape index (κ2) is 13.5. The van der Waals surface area contributed by atoms with Crippen LogP contribution in [0.4, 0.5) is 13.2 Å². The summed E-state index contributed by atoms with van der Waals surface area (Å²) in [5, 5.41) is 9.28. The minimum Gasteiger partial charge on any atom is -0.494 e. The summed E-state index contributed by atoms with van der Waals surface area (Å²) in [5.41, 5.74) is 1.66. The van der Waals surface area contributed by atoms with E-state index in [1.54, 1.807) is 41.0 Å². The number of alkyl halides is 3. The van der Waals surface area contributed by atoms with E-state index >= 15 is 0 Å². The van der Waals surface area contributed by atoms with E-state index in [1.165, 1.54) is 12.1 Å². The molecule has 0 aliphatic carbocycles. The summed E-state index contributed by atoms with van der Waals surface area (Å²) in [5.74, 6) is -0.0548. The Balaban J connectivity index is 1.78. The van der Waals surface area contributed by atoms with E-state index in [2.05, 4.69) is 4.98 Å². The van der Waals surface area contributed by atoms with Crippen molar-refractivity contribution in [3.8, 4) is 17.1 Å². The van der Waals surface area contributed by atoms with Crippen LogP contribution >= 0.6 is 0 Å². The molecule has 0 saturated heterocycles. The van der Waals surface area contributed by atoms with Crippen molar-refractivity contribution in [3.05, 3.63) is 107 Å². The molecule has 0 aliphatic rings. The number of carboxylic acid groups (broad SMARTS) is 1. The number of rotatable bonds is 13. The average molecular weight is 566 g/mol. The van der Waals surface area contributed by atoms with Gasteiger partial charge in [-0.25, -0.2) is 9.78 Å². The molecule has 0 bridgehead atoms. The van der Waals surface area contributed by atoms with Gasteiger partial charge in [0.1, 0.15) is 11.6 Å². The van der Waals surface area contributed by atoms with E-state index in [-0.39, 0.29) is 17.8 Å². The molecular formula is C32H34F3N3O3. The third-order valence-corrected chi connectivity index (χ3v) is 6.70. The maximum atomic E-state index is 14.5. The van der Waals surface area contributed by atoms with Crippen molar-refractivity contribution in [2.24, 2.45) is 0 Å². The van der Waals surface area contributed by atoms with Gasteiger partial charge in [0.2, 0.25) is 0 Å². The van der Waals surface area contributed by atoms with E-state index in [4.69, 9.17) is 4.74 Å². The van der Waals surface area contributed by atoms with Crippen LogP contribution in [0.5, 0.6) is 5.75 Å². The van der Waals surface area contributed by atoms with E-state index in [0.29, 0.717) is 49.8 Å². The molecule has 0 atom stereocenters.